The Morgan fingerprint density at radius 1 is 1.42 bits per heavy atom. The van der Waals surface area contributed by atoms with E-state index in [0.717, 1.165) is 20.9 Å². The molecule has 0 spiro atoms. The molecular weight excluding hydrogens is 396 g/mol. The number of pyridine rings is 1. The molecule has 2 rings (SSSR count). The van der Waals surface area contributed by atoms with Crippen LogP contribution in [0, 0.1) is 0 Å². The number of carbonyl (C=O) groups excluding carboxylic acids is 1. The normalized spacial score (nSPS) is 12.9. The van der Waals surface area contributed by atoms with E-state index in [2.05, 4.69) is 26.2 Å². The number of fused-ring (bicyclic) bond motifs is 1. The third kappa shape index (κ3) is 5.61. The first-order valence-electron chi connectivity index (χ1n) is 7.53. The van der Waals surface area contributed by atoms with Gasteiger partial charge in [0, 0.05) is 22.8 Å². The van der Waals surface area contributed by atoms with E-state index in [0.29, 0.717) is 5.15 Å². The summed E-state index contributed by atoms with van der Waals surface area (Å²) in [6.45, 7) is 5.41. The summed E-state index contributed by atoms with van der Waals surface area (Å²) in [5, 5.41) is 13.9. The molecule has 1 atom stereocenters. The number of alkyl carbamates (subject to hydrolysis) is 1. The van der Waals surface area contributed by atoms with Gasteiger partial charge in [0.2, 0.25) is 0 Å². The summed E-state index contributed by atoms with van der Waals surface area (Å²) in [4.78, 5) is 15.9. The first-order valence-corrected chi connectivity index (χ1v) is 8.71. The van der Waals surface area contributed by atoms with Crippen LogP contribution in [0.25, 0.3) is 10.9 Å². The SMILES string of the molecule is CC(C)(C)OC(=O)NCC(O)Cc1cc2ccc(Br)cc2nc1Cl. The maximum absolute atomic E-state index is 11.6. The molecule has 1 amide bonds. The molecule has 2 aromatic rings. The lowest BCUT2D eigenvalue weighted by atomic mass is 10.1. The molecule has 1 aromatic heterocycles. The first kappa shape index (κ1) is 19.0. The maximum atomic E-state index is 11.6. The van der Waals surface area contributed by atoms with Gasteiger partial charge in [0.25, 0.3) is 0 Å². The minimum Gasteiger partial charge on any atom is -0.444 e. The Kier molecular flexibility index (Phi) is 6.06. The fraction of sp³-hybridized carbons (Fsp3) is 0.412. The van der Waals surface area contributed by atoms with Crippen LogP contribution in [-0.4, -0.2) is 34.4 Å². The fourth-order valence-corrected chi connectivity index (χ4v) is 2.72. The largest absolute Gasteiger partial charge is 0.444 e. The quantitative estimate of drug-likeness (QED) is 0.738. The van der Waals surface area contributed by atoms with Crippen LogP contribution in [0.15, 0.2) is 28.7 Å². The Labute approximate surface area is 154 Å². The molecule has 2 N–H and O–H groups in total. The standard InChI is InChI=1S/C17H20BrClN2O3/c1-17(2,3)24-16(23)20-9-13(22)7-11-6-10-4-5-12(18)8-14(10)21-15(11)19/h4-6,8,13,22H,7,9H2,1-3H3,(H,20,23). The molecule has 0 aliphatic heterocycles. The lowest BCUT2D eigenvalue weighted by molar-refractivity contribution is 0.0492. The van der Waals surface area contributed by atoms with E-state index in [-0.39, 0.29) is 13.0 Å². The molecule has 0 aliphatic carbocycles. The van der Waals surface area contributed by atoms with Crippen LogP contribution in [0.4, 0.5) is 4.79 Å². The second-order valence-corrected chi connectivity index (χ2v) is 7.79. The van der Waals surface area contributed by atoms with Gasteiger partial charge in [0.1, 0.15) is 10.8 Å². The summed E-state index contributed by atoms with van der Waals surface area (Å²) < 4.78 is 6.05. The molecule has 0 saturated carbocycles. The number of benzene rings is 1. The number of rotatable bonds is 4. The highest BCUT2D eigenvalue weighted by atomic mass is 79.9. The minimum atomic E-state index is -0.787. The van der Waals surface area contributed by atoms with Gasteiger partial charge in [0.05, 0.1) is 11.6 Å². The molecule has 24 heavy (non-hydrogen) atoms. The number of ether oxygens (including phenoxy) is 1. The van der Waals surface area contributed by atoms with E-state index in [9.17, 15) is 9.90 Å². The number of carbonyl (C=O) groups is 1. The molecule has 1 aromatic carbocycles. The van der Waals surface area contributed by atoms with E-state index in [4.69, 9.17) is 16.3 Å². The third-order valence-corrected chi connectivity index (χ3v) is 3.96. The van der Waals surface area contributed by atoms with Crippen molar-refractivity contribution in [2.75, 3.05) is 6.54 Å². The van der Waals surface area contributed by atoms with Crippen molar-refractivity contribution in [3.63, 3.8) is 0 Å². The van der Waals surface area contributed by atoms with E-state index < -0.39 is 17.8 Å². The van der Waals surface area contributed by atoms with Gasteiger partial charge in [-0.15, -0.1) is 0 Å². The van der Waals surface area contributed by atoms with E-state index in [1.807, 2.05) is 24.3 Å². The lowest BCUT2D eigenvalue weighted by Crippen LogP contribution is -2.37. The van der Waals surface area contributed by atoms with E-state index in [1.54, 1.807) is 20.8 Å². The summed E-state index contributed by atoms with van der Waals surface area (Å²) >= 11 is 9.60. The number of nitrogens with zero attached hydrogens (tertiary/aromatic N) is 1. The molecule has 0 bridgehead atoms. The number of hydrogen-bond donors (Lipinski definition) is 2. The molecule has 1 unspecified atom stereocenters. The minimum absolute atomic E-state index is 0.0730. The molecule has 0 fully saturated rings. The summed E-state index contributed by atoms with van der Waals surface area (Å²) in [6.07, 6.45) is -1.06. The highest BCUT2D eigenvalue weighted by Crippen LogP contribution is 2.24. The Bertz CT molecular complexity index is 746. The number of hydrogen-bond acceptors (Lipinski definition) is 4. The van der Waals surface area contributed by atoms with Crippen LogP contribution in [0.1, 0.15) is 26.3 Å². The first-order chi connectivity index (χ1) is 11.1. The van der Waals surface area contributed by atoms with E-state index in [1.165, 1.54) is 0 Å². The average Bonchev–Trinajstić information content (AvgIpc) is 2.44. The van der Waals surface area contributed by atoms with Crippen LogP contribution < -0.4 is 5.32 Å². The highest BCUT2D eigenvalue weighted by molar-refractivity contribution is 9.10. The van der Waals surface area contributed by atoms with Gasteiger partial charge in [0.15, 0.2) is 0 Å². The predicted molar refractivity (Wildman–Crippen MR) is 98.4 cm³/mol. The van der Waals surface area contributed by atoms with Gasteiger partial charge in [-0.1, -0.05) is 33.6 Å². The average molecular weight is 416 g/mol. The van der Waals surface area contributed by atoms with Crippen molar-refractivity contribution in [1.82, 2.24) is 10.3 Å². The number of amides is 1. The molecule has 0 saturated heterocycles. The van der Waals surface area contributed by atoms with Crippen molar-refractivity contribution in [3.8, 4) is 0 Å². The van der Waals surface area contributed by atoms with Gasteiger partial charge in [-0.25, -0.2) is 9.78 Å². The molecule has 0 radical (unpaired) electrons. The van der Waals surface area contributed by atoms with Gasteiger partial charge in [-0.05, 0) is 44.5 Å². The highest BCUT2D eigenvalue weighted by Gasteiger charge is 2.17. The zero-order chi connectivity index (χ0) is 17.9. The monoisotopic (exact) mass is 414 g/mol. The number of aromatic nitrogens is 1. The topological polar surface area (TPSA) is 71.5 Å². The van der Waals surface area contributed by atoms with Crippen molar-refractivity contribution in [3.05, 3.63) is 39.5 Å². The zero-order valence-corrected chi connectivity index (χ0v) is 16.1. The Hall–Kier alpha value is -1.37. The van der Waals surface area contributed by atoms with Crippen LogP contribution in [0.3, 0.4) is 0 Å². The second kappa shape index (κ2) is 7.68. The lowest BCUT2D eigenvalue weighted by Gasteiger charge is -2.20. The van der Waals surface area contributed by atoms with Crippen LogP contribution in [0.5, 0.6) is 0 Å². The Balaban J connectivity index is 2.00. The number of nitrogens with one attached hydrogen (secondary N) is 1. The van der Waals surface area contributed by atoms with E-state index >= 15 is 0 Å². The second-order valence-electron chi connectivity index (χ2n) is 6.52. The summed E-state index contributed by atoms with van der Waals surface area (Å²) in [7, 11) is 0. The summed E-state index contributed by atoms with van der Waals surface area (Å²) in [5.74, 6) is 0. The predicted octanol–water partition coefficient (Wildman–Crippen LogP) is 4.08. The third-order valence-electron chi connectivity index (χ3n) is 3.14. The Morgan fingerprint density at radius 2 is 2.12 bits per heavy atom. The number of halogens is 2. The molecular formula is C17H20BrClN2O3. The smallest absolute Gasteiger partial charge is 0.407 e. The van der Waals surface area contributed by atoms with Gasteiger partial charge in [-0.3, -0.25) is 0 Å². The van der Waals surface area contributed by atoms with Gasteiger partial charge >= 0.3 is 6.09 Å². The summed E-state index contributed by atoms with van der Waals surface area (Å²) in [6, 6.07) is 7.62. The maximum Gasteiger partial charge on any atom is 0.407 e. The molecule has 1 heterocycles. The van der Waals surface area contributed by atoms with Crippen LogP contribution in [0.2, 0.25) is 5.15 Å². The molecule has 7 heteroatoms. The van der Waals surface area contributed by atoms with Crippen molar-refractivity contribution in [2.24, 2.45) is 0 Å². The van der Waals surface area contributed by atoms with Crippen LogP contribution >= 0.6 is 27.5 Å². The van der Waals surface area contributed by atoms with Crippen LogP contribution in [-0.2, 0) is 11.2 Å². The molecule has 5 nitrogen and oxygen atoms in total. The van der Waals surface area contributed by atoms with Crippen molar-refractivity contribution < 1.29 is 14.6 Å². The molecule has 0 aliphatic rings. The van der Waals surface area contributed by atoms with Gasteiger partial charge in [-0.2, -0.15) is 0 Å². The van der Waals surface area contributed by atoms with Gasteiger partial charge < -0.3 is 15.2 Å². The Morgan fingerprint density at radius 3 is 2.79 bits per heavy atom. The number of aliphatic hydroxyl groups excluding tert-OH is 1. The van der Waals surface area contributed by atoms with Crippen molar-refractivity contribution in [2.45, 2.75) is 38.9 Å². The van der Waals surface area contributed by atoms with Crippen molar-refractivity contribution in [1.29, 1.82) is 0 Å². The fourth-order valence-electron chi connectivity index (χ4n) is 2.15. The zero-order valence-electron chi connectivity index (χ0n) is 13.8. The van der Waals surface area contributed by atoms with Crippen molar-refractivity contribution >= 4 is 44.5 Å². The number of aliphatic hydroxyl groups is 1. The molecule has 130 valence electrons. The summed E-state index contributed by atoms with van der Waals surface area (Å²) in [5.41, 5.74) is 0.930.